The number of hydrogen-bond donors (Lipinski definition) is 3. The van der Waals surface area contributed by atoms with Crippen LogP contribution < -0.4 is 21.8 Å². The van der Waals surface area contributed by atoms with Crippen LogP contribution in [-0.4, -0.2) is 9.97 Å². The lowest BCUT2D eigenvalue weighted by Crippen LogP contribution is -2.13. The van der Waals surface area contributed by atoms with E-state index in [9.17, 15) is 4.79 Å². The van der Waals surface area contributed by atoms with Gasteiger partial charge in [-0.1, -0.05) is 6.07 Å². The fourth-order valence-electron chi connectivity index (χ4n) is 1.54. The molecule has 94 valence electrons. The predicted molar refractivity (Wildman–Crippen MR) is 69.7 cm³/mol. The lowest BCUT2D eigenvalue weighted by molar-refractivity contribution is 0.460. The zero-order chi connectivity index (χ0) is 13.3. The Morgan fingerprint density at radius 3 is 2.67 bits per heavy atom. The number of nitrogen functional groups attached to an aromatic ring is 2. The summed E-state index contributed by atoms with van der Waals surface area (Å²) in [6, 6.07) is 3.58. The number of aromatic nitrogens is 2. The second kappa shape index (κ2) is 4.40. The standard InChI is InChI=1S/C12H14N4O2/c1-6-3-7(2)9(4-8(6)13)18-12-10(14)11(17)15-5-16-12/h3-5H,13-14H2,1-2H3,(H,15,16,17). The molecule has 1 aromatic heterocycles. The molecular formula is C12H14N4O2. The summed E-state index contributed by atoms with van der Waals surface area (Å²) in [5.41, 5.74) is 13.4. The summed E-state index contributed by atoms with van der Waals surface area (Å²) in [5.74, 6) is 0.605. The molecule has 0 saturated carbocycles. The number of rotatable bonds is 2. The van der Waals surface area contributed by atoms with Crippen LogP contribution >= 0.6 is 0 Å². The van der Waals surface area contributed by atoms with E-state index in [1.807, 2.05) is 19.9 Å². The van der Waals surface area contributed by atoms with Gasteiger partial charge in [0.05, 0.1) is 6.33 Å². The quantitative estimate of drug-likeness (QED) is 0.693. The monoisotopic (exact) mass is 246 g/mol. The van der Waals surface area contributed by atoms with E-state index in [-0.39, 0.29) is 11.6 Å². The van der Waals surface area contributed by atoms with E-state index >= 15 is 0 Å². The fourth-order valence-corrected chi connectivity index (χ4v) is 1.54. The molecule has 1 aromatic carbocycles. The van der Waals surface area contributed by atoms with E-state index in [2.05, 4.69) is 9.97 Å². The molecule has 0 aliphatic heterocycles. The number of benzene rings is 1. The Morgan fingerprint density at radius 2 is 1.94 bits per heavy atom. The van der Waals surface area contributed by atoms with Gasteiger partial charge in [0.1, 0.15) is 5.75 Å². The van der Waals surface area contributed by atoms with Crippen LogP contribution in [-0.2, 0) is 0 Å². The highest BCUT2D eigenvalue weighted by atomic mass is 16.5. The summed E-state index contributed by atoms with van der Waals surface area (Å²) in [6.07, 6.45) is 1.24. The summed E-state index contributed by atoms with van der Waals surface area (Å²) in [6.45, 7) is 3.79. The first-order valence-corrected chi connectivity index (χ1v) is 5.36. The van der Waals surface area contributed by atoms with Crippen molar-refractivity contribution in [2.75, 3.05) is 11.5 Å². The normalized spacial score (nSPS) is 10.3. The number of nitrogens with one attached hydrogen (secondary N) is 1. The first kappa shape index (κ1) is 12.0. The summed E-state index contributed by atoms with van der Waals surface area (Å²) in [4.78, 5) is 17.6. The summed E-state index contributed by atoms with van der Waals surface area (Å²) >= 11 is 0. The van der Waals surface area contributed by atoms with Gasteiger partial charge in [-0.25, -0.2) is 4.98 Å². The van der Waals surface area contributed by atoms with Gasteiger partial charge in [0, 0.05) is 11.8 Å². The third-order valence-electron chi connectivity index (χ3n) is 2.62. The molecule has 6 nitrogen and oxygen atoms in total. The van der Waals surface area contributed by atoms with E-state index in [4.69, 9.17) is 16.2 Å². The van der Waals surface area contributed by atoms with Crippen molar-refractivity contribution in [3.63, 3.8) is 0 Å². The summed E-state index contributed by atoms with van der Waals surface area (Å²) in [7, 11) is 0. The van der Waals surface area contributed by atoms with Crippen LogP contribution in [0.15, 0.2) is 23.3 Å². The third kappa shape index (κ3) is 2.13. The number of aromatic amines is 1. The molecule has 0 spiro atoms. The van der Waals surface area contributed by atoms with Crippen LogP contribution in [0.25, 0.3) is 0 Å². The minimum Gasteiger partial charge on any atom is -0.437 e. The molecule has 5 N–H and O–H groups in total. The summed E-state index contributed by atoms with van der Waals surface area (Å²) in [5, 5.41) is 0. The highest BCUT2D eigenvalue weighted by Crippen LogP contribution is 2.29. The van der Waals surface area contributed by atoms with E-state index < -0.39 is 5.56 Å². The summed E-state index contributed by atoms with van der Waals surface area (Å²) < 4.78 is 5.52. The van der Waals surface area contributed by atoms with Gasteiger partial charge in [0.15, 0.2) is 5.69 Å². The van der Waals surface area contributed by atoms with Crippen LogP contribution in [0.3, 0.4) is 0 Å². The molecule has 0 aliphatic rings. The zero-order valence-corrected chi connectivity index (χ0v) is 10.2. The Balaban J connectivity index is 2.43. The maximum atomic E-state index is 11.3. The average molecular weight is 246 g/mol. The van der Waals surface area contributed by atoms with Crippen molar-refractivity contribution >= 4 is 11.4 Å². The van der Waals surface area contributed by atoms with Crippen LogP contribution in [0, 0.1) is 13.8 Å². The lowest BCUT2D eigenvalue weighted by Gasteiger charge is -2.11. The first-order chi connectivity index (χ1) is 8.49. The molecule has 0 radical (unpaired) electrons. The van der Waals surface area contributed by atoms with Gasteiger partial charge in [0.25, 0.3) is 5.56 Å². The Kier molecular flexibility index (Phi) is 2.93. The number of H-pyrrole nitrogens is 1. The predicted octanol–water partition coefficient (Wildman–Crippen LogP) is 1.34. The second-order valence-electron chi connectivity index (χ2n) is 4.03. The average Bonchev–Trinajstić information content (AvgIpc) is 2.32. The van der Waals surface area contributed by atoms with Crippen molar-refractivity contribution in [3.8, 4) is 11.6 Å². The number of ether oxygens (including phenoxy) is 1. The maximum absolute atomic E-state index is 11.3. The molecule has 2 rings (SSSR count). The minimum atomic E-state index is -0.433. The van der Waals surface area contributed by atoms with Gasteiger partial charge in [-0.2, -0.15) is 0 Å². The van der Waals surface area contributed by atoms with Gasteiger partial charge >= 0.3 is 0 Å². The number of nitrogens with two attached hydrogens (primary N) is 2. The van der Waals surface area contributed by atoms with Crippen LogP contribution in [0.5, 0.6) is 11.6 Å². The van der Waals surface area contributed by atoms with Crippen molar-refractivity contribution in [3.05, 3.63) is 39.9 Å². The van der Waals surface area contributed by atoms with Crippen LogP contribution in [0.2, 0.25) is 0 Å². The zero-order valence-electron chi connectivity index (χ0n) is 10.2. The van der Waals surface area contributed by atoms with Gasteiger partial charge < -0.3 is 21.2 Å². The van der Waals surface area contributed by atoms with E-state index in [1.54, 1.807) is 6.07 Å². The van der Waals surface area contributed by atoms with E-state index in [0.29, 0.717) is 11.4 Å². The van der Waals surface area contributed by atoms with Gasteiger partial charge in [-0.3, -0.25) is 4.79 Å². The maximum Gasteiger partial charge on any atom is 0.277 e. The van der Waals surface area contributed by atoms with E-state index in [1.165, 1.54) is 6.33 Å². The van der Waals surface area contributed by atoms with Crippen molar-refractivity contribution < 1.29 is 4.74 Å². The molecule has 6 heteroatoms. The Bertz CT molecular complexity index is 649. The SMILES string of the molecule is Cc1cc(C)c(Oc2nc[nH]c(=O)c2N)cc1N. The van der Waals surface area contributed by atoms with Crippen molar-refractivity contribution in [2.24, 2.45) is 0 Å². The Morgan fingerprint density at radius 1 is 1.22 bits per heavy atom. The largest absolute Gasteiger partial charge is 0.437 e. The molecule has 0 aliphatic carbocycles. The third-order valence-corrected chi connectivity index (χ3v) is 2.62. The highest BCUT2D eigenvalue weighted by Gasteiger charge is 2.10. The Hall–Kier alpha value is -2.50. The molecule has 0 bridgehead atoms. The molecule has 18 heavy (non-hydrogen) atoms. The first-order valence-electron chi connectivity index (χ1n) is 5.36. The van der Waals surface area contributed by atoms with E-state index in [0.717, 1.165) is 11.1 Å². The van der Waals surface area contributed by atoms with Crippen LogP contribution in [0.4, 0.5) is 11.4 Å². The minimum absolute atomic E-state index is 0.0592. The molecule has 1 heterocycles. The van der Waals surface area contributed by atoms with Crippen molar-refractivity contribution in [1.82, 2.24) is 9.97 Å². The number of aryl methyl sites for hydroxylation is 2. The number of anilines is 2. The molecule has 2 aromatic rings. The smallest absolute Gasteiger partial charge is 0.277 e. The Labute approximate surface area is 104 Å². The number of nitrogens with zero attached hydrogens (tertiary/aromatic N) is 1. The van der Waals surface area contributed by atoms with Crippen LogP contribution in [0.1, 0.15) is 11.1 Å². The van der Waals surface area contributed by atoms with Gasteiger partial charge in [-0.15, -0.1) is 0 Å². The lowest BCUT2D eigenvalue weighted by atomic mass is 10.1. The van der Waals surface area contributed by atoms with Gasteiger partial charge in [-0.05, 0) is 25.0 Å². The highest BCUT2D eigenvalue weighted by molar-refractivity contribution is 5.56. The molecule has 0 unspecified atom stereocenters. The molecule has 0 fully saturated rings. The topological polar surface area (TPSA) is 107 Å². The molecule has 0 amide bonds. The number of hydrogen-bond acceptors (Lipinski definition) is 5. The molecular weight excluding hydrogens is 232 g/mol. The van der Waals surface area contributed by atoms with Crippen molar-refractivity contribution in [2.45, 2.75) is 13.8 Å². The van der Waals surface area contributed by atoms with Gasteiger partial charge in [0.2, 0.25) is 5.88 Å². The molecule has 0 saturated heterocycles. The molecule has 0 atom stereocenters. The second-order valence-corrected chi connectivity index (χ2v) is 4.03. The van der Waals surface area contributed by atoms with Crippen molar-refractivity contribution in [1.29, 1.82) is 0 Å². The fraction of sp³-hybridized carbons (Fsp3) is 0.167.